The zero-order valence-corrected chi connectivity index (χ0v) is 16.8. The van der Waals surface area contributed by atoms with Crippen molar-refractivity contribution in [3.63, 3.8) is 0 Å². The first kappa shape index (κ1) is 22.1. The van der Waals surface area contributed by atoms with Crippen molar-refractivity contribution in [2.24, 2.45) is 0 Å². The summed E-state index contributed by atoms with van der Waals surface area (Å²) in [5.74, 6) is -3.89. The van der Waals surface area contributed by atoms with Gasteiger partial charge in [-0.3, -0.25) is 0 Å². The van der Waals surface area contributed by atoms with Crippen LogP contribution in [0.5, 0.6) is 0 Å². The minimum absolute atomic E-state index is 0.0474. The van der Waals surface area contributed by atoms with E-state index in [4.69, 9.17) is 14.2 Å². The van der Waals surface area contributed by atoms with E-state index in [1.807, 2.05) is 0 Å². The van der Waals surface area contributed by atoms with Gasteiger partial charge in [0, 0.05) is 5.70 Å². The van der Waals surface area contributed by atoms with Crippen molar-refractivity contribution in [3.05, 3.63) is 58.2 Å². The van der Waals surface area contributed by atoms with Crippen molar-refractivity contribution in [2.75, 3.05) is 19.8 Å². The lowest BCUT2D eigenvalue weighted by Gasteiger charge is -2.30. The molecule has 0 fully saturated rings. The van der Waals surface area contributed by atoms with Gasteiger partial charge in [0.25, 0.3) is 0 Å². The van der Waals surface area contributed by atoms with Crippen LogP contribution in [0.3, 0.4) is 0 Å². The molecule has 1 aromatic rings. The van der Waals surface area contributed by atoms with Crippen molar-refractivity contribution in [3.8, 4) is 0 Å². The SMILES string of the molecule is CCOC(=O)C1=C(C(=O)OCC)C(c2cccc(F)c2)C(C(=O)OCC)=C(C)N1. The molecule has 1 aromatic carbocycles. The number of nitrogens with one attached hydrogen (secondary N) is 1. The Labute approximate surface area is 168 Å². The molecule has 2 rings (SSSR count). The summed E-state index contributed by atoms with van der Waals surface area (Å²) in [6, 6.07) is 5.46. The maximum Gasteiger partial charge on any atom is 0.355 e. The Balaban J connectivity index is 2.77. The number of allylic oxidation sites excluding steroid dienone is 1. The van der Waals surface area contributed by atoms with Crippen LogP contribution in [0.1, 0.15) is 39.2 Å². The number of hydrogen-bond acceptors (Lipinski definition) is 7. The molecule has 7 nitrogen and oxygen atoms in total. The maximum absolute atomic E-state index is 14.0. The van der Waals surface area contributed by atoms with E-state index in [1.165, 1.54) is 18.2 Å². The highest BCUT2D eigenvalue weighted by Crippen LogP contribution is 2.39. The van der Waals surface area contributed by atoms with Gasteiger partial charge in [-0.1, -0.05) is 12.1 Å². The molecular weight excluding hydrogens is 381 g/mol. The molecule has 0 saturated heterocycles. The summed E-state index contributed by atoms with van der Waals surface area (Å²) in [7, 11) is 0. The number of ether oxygens (including phenoxy) is 3. The molecule has 0 spiro atoms. The number of rotatable bonds is 7. The van der Waals surface area contributed by atoms with Crippen molar-refractivity contribution < 1.29 is 33.0 Å². The third-order valence-electron chi connectivity index (χ3n) is 4.22. The number of esters is 3. The van der Waals surface area contributed by atoms with E-state index in [1.54, 1.807) is 33.8 Å². The highest BCUT2D eigenvalue weighted by atomic mass is 19.1. The molecule has 8 heteroatoms. The fourth-order valence-electron chi connectivity index (χ4n) is 3.12. The fraction of sp³-hybridized carbons (Fsp3) is 0.381. The first-order valence-corrected chi connectivity index (χ1v) is 9.34. The van der Waals surface area contributed by atoms with Crippen LogP contribution < -0.4 is 5.32 Å². The second kappa shape index (κ2) is 9.86. The van der Waals surface area contributed by atoms with Crippen molar-refractivity contribution in [2.45, 2.75) is 33.6 Å². The highest BCUT2D eigenvalue weighted by Gasteiger charge is 2.41. The molecular formula is C21H24FNO6. The zero-order valence-electron chi connectivity index (χ0n) is 16.8. The van der Waals surface area contributed by atoms with Crippen LogP contribution in [0.15, 0.2) is 46.8 Å². The number of hydrogen-bond donors (Lipinski definition) is 1. The summed E-state index contributed by atoms with van der Waals surface area (Å²) in [4.78, 5) is 38.1. The summed E-state index contributed by atoms with van der Waals surface area (Å²) >= 11 is 0. The molecule has 1 N–H and O–H groups in total. The normalized spacial score (nSPS) is 16.2. The third kappa shape index (κ3) is 4.82. The van der Waals surface area contributed by atoms with E-state index in [0.29, 0.717) is 11.3 Å². The van der Waals surface area contributed by atoms with E-state index in [9.17, 15) is 18.8 Å². The summed E-state index contributed by atoms with van der Waals surface area (Å²) in [6.45, 7) is 6.69. The second-order valence-corrected chi connectivity index (χ2v) is 6.10. The maximum atomic E-state index is 14.0. The van der Waals surface area contributed by atoms with Crippen molar-refractivity contribution in [1.82, 2.24) is 5.32 Å². The molecule has 0 aliphatic carbocycles. The quantitative estimate of drug-likeness (QED) is 0.551. The minimum Gasteiger partial charge on any atom is -0.463 e. The summed E-state index contributed by atoms with van der Waals surface area (Å²) < 4.78 is 29.3. The van der Waals surface area contributed by atoms with E-state index in [2.05, 4.69) is 5.32 Å². The van der Waals surface area contributed by atoms with Gasteiger partial charge in [-0.05, 0) is 45.4 Å². The minimum atomic E-state index is -1.07. The Morgan fingerprint density at radius 3 is 2.03 bits per heavy atom. The number of carbonyl (C=O) groups is 3. The van der Waals surface area contributed by atoms with Crippen molar-refractivity contribution >= 4 is 17.9 Å². The number of halogens is 1. The molecule has 1 aliphatic rings. The van der Waals surface area contributed by atoms with E-state index >= 15 is 0 Å². The van der Waals surface area contributed by atoms with Crippen LogP contribution >= 0.6 is 0 Å². The van der Waals surface area contributed by atoms with Gasteiger partial charge in [0.05, 0.1) is 36.9 Å². The van der Waals surface area contributed by atoms with Gasteiger partial charge in [-0.2, -0.15) is 0 Å². The molecule has 0 aromatic heterocycles. The topological polar surface area (TPSA) is 90.9 Å². The standard InChI is InChI=1S/C21H24FNO6/c1-5-27-19(24)15-12(4)23-18(21(26)29-7-3)17(20(25)28-6-2)16(15)13-9-8-10-14(22)11-13/h8-11,16,23H,5-7H2,1-4H3. The predicted octanol–water partition coefficient (Wildman–Crippen LogP) is 2.73. The first-order chi connectivity index (χ1) is 13.8. The molecule has 0 saturated carbocycles. The number of dihydropyridines is 1. The van der Waals surface area contributed by atoms with E-state index < -0.39 is 29.6 Å². The largest absolute Gasteiger partial charge is 0.463 e. The fourth-order valence-corrected chi connectivity index (χ4v) is 3.12. The van der Waals surface area contributed by atoms with Gasteiger partial charge in [-0.15, -0.1) is 0 Å². The smallest absolute Gasteiger partial charge is 0.355 e. The van der Waals surface area contributed by atoms with Crippen LogP contribution in [0, 0.1) is 5.82 Å². The third-order valence-corrected chi connectivity index (χ3v) is 4.22. The molecule has 1 heterocycles. The number of carbonyl (C=O) groups excluding carboxylic acids is 3. The van der Waals surface area contributed by atoms with Crippen molar-refractivity contribution in [1.29, 1.82) is 0 Å². The van der Waals surface area contributed by atoms with Crippen LogP contribution in [0.2, 0.25) is 0 Å². The van der Waals surface area contributed by atoms with Gasteiger partial charge in [0.1, 0.15) is 11.5 Å². The van der Waals surface area contributed by atoms with Gasteiger partial charge in [-0.25, -0.2) is 18.8 Å². The van der Waals surface area contributed by atoms with Crippen LogP contribution in [0.25, 0.3) is 0 Å². The zero-order chi connectivity index (χ0) is 21.6. The molecule has 1 atom stereocenters. The predicted molar refractivity (Wildman–Crippen MR) is 102 cm³/mol. The lowest BCUT2D eigenvalue weighted by molar-refractivity contribution is -0.143. The Bertz CT molecular complexity index is 874. The van der Waals surface area contributed by atoms with Gasteiger partial charge < -0.3 is 19.5 Å². The molecule has 0 amide bonds. The molecule has 0 bridgehead atoms. The average Bonchev–Trinajstić information content (AvgIpc) is 2.67. The second-order valence-electron chi connectivity index (χ2n) is 6.10. The van der Waals surface area contributed by atoms with Gasteiger partial charge >= 0.3 is 17.9 Å². The summed E-state index contributed by atoms with van der Waals surface area (Å²) in [6.07, 6.45) is 0. The van der Waals surface area contributed by atoms with E-state index in [-0.39, 0.29) is 36.7 Å². The lowest BCUT2D eigenvalue weighted by atomic mass is 9.80. The van der Waals surface area contributed by atoms with E-state index in [0.717, 1.165) is 0 Å². The molecule has 1 aliphatic heterocycles. The Morgan fingerprint density at radius 2 is 1.48 bits per heavy atom. The van der Waals surface area contributed by atoms with Crippen LogP contribution in [-0.4, -0.2) is 37.7 Å². The van der Waals surface area contributed by atoms with Gasteiger partial charge in [0.15, 0.2) is 0 Å². The lowest BCUT2D eigenvalue weighted by Crippen LogP contribution is -2.36. The average molecular weight is 405 g/mol. The molecule has 29 heavy (non-hydrogen) atoms. The van der Waals surface area contributed by atoms with Crippen LogP contribution in [0.4, 0.5) is 4.39 Å². The summed E-state index contributed by atoms with van der Waals surface area (Å²) in [5, 5.41) is 2.78. The molecule has 156 valence electrons. The highest BCUT2D eigenvalue weighted by molar-refractivity contribution is 6.06. The number of benzene rings is 1. The van der Waals surface area contributed by atoms with Gasteiger partial charge in [0.2, 0.25) is 0 Å². The Hall–Kier alpha value is -3.16. The molecule has 1 unspecified atom stereocenters. The Morgan fingerprint density at radius 1 is 0.931 bits per heavy atom. The first-order valence-electron chi connectivity index (χ1n) is 9.34. The van der Waals surface area contributed by atoms with Crippen LogP contribution in [-0.2, 0) is 28.6 Å². The Kier molecular flexibility index (Phi) is 7.52. The summed E-state index contributed by atoms with van der Waals surface area (Å²) in [5.41, 5.74) is 0.413. The monoisotopic (exact) mass is 405 g/mol. The molecule has 0 radical (unpaired) electrons.